The highest BCUT2D eigenvalue weighted by molar-refractivity contribution is 6.14. The van der Waals surface area contributed by atoms with Gasteiger partial charge in [-0.3, -0.25) is 4.79 Å². The number of aromatic nitrogens is 1. The molecule has 0 aliphatic rings. The molecular formula is C21H15N3O. The first-order valence-electron chi connectivity index (χ1n) is 7.91. The molecule has 1 heterocycles. The first kappa shape index (κ1) is 16.2. The number of allylic oxidation sites excluding steroid dienone is 1. The molecule has 0 saturated carbocycles. The number of ketones is 1. The lowest BCUT2D eigenvalue weighted by Gasteiger charge is -2.00. The second-order valence-electron chi connectivity index (χ2n) is 5.57. The lowest BCUT2D eigenvalue weighted by Crippen LogP contribution is -2.01. The van der Waals surface area contributed by atoms with Crippen LogP contribution in [0.2, 0.25) is 0 Å². The van der Waals surface area contributed by atoms with Gasteiger partial charge in [0, 0.05) is 34.8 Å². The molecule has 0 atom stereocenters. The summed E-state index contributed by atoms with van der Waals surface area (Å²) in [5, 5.41) is 19.2. The molecule has 4 heteroatoms. The van der Waals surface area contributed by atoms with E-state index in [9.17, 15) is 10.1 Å². The van der Waals surface area contributed by atoms with Crippen molar-refractivity contribution in [1.29, 1.82) is 10.5 Å². The molecule has 120 valence electrons. The van der Waals surface area contributed by atoms with Crippen LogP contribution in [0.15, 0.2) is 66.4 Å². The summed E-state index contributed by atoms with van der Waals surface area (Å²) < 4.78 is 1.98. The van der Waals surface area contributed by atoms with Gasteiger partial charge in [-0.05, 0) is 12.1 Å². The highest BCUT2D eigenvalue weighted by Gasteiger charge is 2.14. The van der Waals surface area contributed by atoms with E-state index < -0.39 is 0 Å². The van der Waals surface area contributed by atoms with Gasteiger partial charge in [0.05, 0.1) is 12.5 Å². The van der Waals surface area contributed by atoms with E-state index in [1.165, 1.54) is 0 Å². The number of para-hydroxylation sites is 1. The quantitative estimate of drug-likeness (QED) is 0.398. The molecule has 3 rings (SSSR count). The molecule has 0 amide bonds. The minimum absolute atomic E-state index is 0.0920. The average Bonchev–Trinajstić information content (AvgIpc) is 3.02. The molecule has 1 aromatic heterocycles. The van der Waals surface area contributed by atoms with Gasteiger partial charge >= 0.3 is 0 Å². The number of carbonyl (C=O) groups excluding carboxylic acids is 1. The Morgan fingerprint density at radius 1 is 1.04 bits per heavy atom. The Bertz CT molecular complexity index is 1030. The molecule has 4 nitrogen and oxygen atoms in total. The van der Waals surface area contributed by atoms with Gasteiger partial charge in [-0.15, -0.1) is 0 Å². The lowest BCUT2D eigenvalue weighted by molar-refractivity contribution is 0.104. The smallest absolute Gasteiger partial charge is 0.203 e. The van der Waals surface area contributed by atoms with Gasteiger partial charge in [-0.25, -0.2) is 0 Å². The van der Waals surface area contributed by atoms with Crippen LogP contribution >= 0.6 is 0 Å². The van der Waals surface area contributed by atoms with Crippen LogP contribution < -0.4 is 0 Å². The molecule has 25 heavy (non-hydrogen) atoms. The zero-order valence-electron chi connectivity index (χ0n) is 13.5. The predicted octanol–water partition coefficient (Wildman–Crippen LogP) is 4.34. The van der Waals surface area contributed by atoms with Crippen LogP contribution in [0.4, 0.5) is 0 Å². The predicted molar refractivity (Wildman–Crippen MR) is 96.5 cm³/mol. The molecule has 0 aliphatic heterocycles. The normalized spacial score (nSPS) is 11.0. The Balaban J connectivity index is 2.06. The number of rotatable bonds is 5. The van der Waals surface area contributed by atoms with Gasteiger partial charge in [0.1, 0.15) is 11.6 Å². The summed E-state index contributed by atoms with van der Waals surface area (Å²) in [5.74, 6) is -0.294. The number of fused-ring (bicyclic) bond motifs is 1. The van der Waals surface area contributed by atoms with Crippen molar-refractivity contribution in [3.63, 3.8) is 0 Å². The van der Waals surface area contributed by atoms with E-state index in [0.717, 1.165) is 16.5 Å². The van der Waals surface area contributed by atoms with E-state index in [0.29, 0.717) is 18.5 Å². The molecule has 0 N–H and O–H groups in total. The standard InChI is InChI=1S/C21H15N3O/c22-11-6-12-24-15-18(19-9-4-5-10-20(19)24)13-17(14-23)21(25)16-7-2-1-3-8-16/h1-5,7-10,13,15H,6,12H2/b17-13+. The van der Waals surface area contributed by atoms with Crippen LogP contribution in [-0.4, -0.2) is 10.4 Å². The summed E-state index contributed by atoms with van der Waals surface area (Å²) >= 11 is 0. The number of carbonyl (C=O) groups is 1. The second kappa shape index (κ2) is 7.29. The Labute approximate surface area is 145 Å². The maximum absolute atomic E-state index is 12.6. The maximum Gasteiger partial charge on any atom is 0.203 e. The van der Waals surface area contributed by atoms with E-state index >= 15 is 0 Å². The second-order valence-corrected chi connectivity index (χ2v) is 5.57. The Morgan fingerprint density at radius 3 is 2.48 bits per heavy atom. The lowest BCUT2D eigenvalue weighted by atomic mass is 10.0. The van der Waals surface area contributed by atoms with Crippen molar-refractivity contribution in [2.75, 3.05) is 0 Å². The van der Waals surface area contributed by atoms with E-state index in [-0.39, 0.29) is 11.4 Å². The highest BCUT2D eigenvalue weighted by Crippen LogP contribution is 2.24. The van der Waals surface area contributed by atoms with Crippen LogP contribution in [0.1, 0.15) is 22.3 Å². The minimum atomic E-state index is -0.294. The SMILES string of the molecule is N#CCCn1cc(/C=C(\C#N)C(=O)c2ccccc2)c2ccccc21. The molecule has 0 aliphatic carbocycles. The molecule has 3 aromatic rings. The van der Waals surface area contributed by atoms with Crippen LogP contribution in [0.5, 0.6) is 0 Å². The molecule has 2 aromatic carbocycles. The van der Waals surface area contributed by atoms with Gasteiger partial charge in [-0.1, -0.05) is 48.5 Å². The van der Waals surface area contributed by atoms with Crippen molar-refractivity contribution in [1.82, 2.24) is 4.57 Å². The average molecular weight is 325 g/mol. The number of benzene rings is 2. The molecule has 0 bridgehead atoms. The third kappa shape index (κ3) is 3.34. The maximum atomic E-state index is 12.6. The first-order valence-corrected chi connectivity index (χ1v) is 7.91. The number of Topliss-reactive ketones (excluding diaryl/α,β-unsaturated/α-hetero) is 1. The Kier molecular flexibility index (Phi) is 4.74. The number of hydrogen-bond donors (Lipinski definition) is 0. The fraction of sp³-hybridized carbons (Fsp3) is 0.0952. The van der Waals surface area contributed by atoms with Gasteiger partial charge in [0.25, 0.3) is 0 Å². The largest absolute Gasteiger partial charge is 0.346 e. The molecule has 0 spiro atoms. The van der Waals surface area contributed by atoms with Crippen molar-refractivity contribution >= 4 is 22.8 Å². The topological polar surface area (TPSA) is 69.6 Å². The van der Waals surface area contributed by atoms with Crippen LogP contribution in [-0.2, 0) is 6.54 Å². The molecule has 0 radical (unpaired) electrons. The van der Waals surface area contributed by atoms with Crippen molar-refractivity contribution < 1.29 is 4.79 Å². The van der Waals surface area contributed by atoms with Gasteiger partial charge in [0.2, 0.25) is 5.78 Å². The molecular weight excluding hydrogens is 310 g/mol. The van der Waals surface area contributed by atoms with Crippen molar-refractivity contribution in [3.05, 3.63) is 77.5 Å². The van der Waals surface area contributed by atoms with E-state index in [2.05, 4.69) is 6.07 Å². The van der Waals surface area contributed by atoms with E-state index in [1.54, 1.807) is 30.3 Å². The Morgan fingerprint density at radius 2 is 1.76 bits per heavy atom. The van der Waals surface area contributed by atoms with Crippen LogP contribution in [0.3, 0.4) is 0 Å². The summed E-state index contributed by atoms with van der Waals surface area (Å²) in [7, 11) is 0. The molecule has 0 saturated heterocycles. The Hall–Kier alpha value is -3.63. The first-order chi connectivity index (χ1) is 12.2. The number of nitriles is 2. The molecule has 0 unspecified atom stereocenters. The van der Waals surface area contributed by atoms with Gasteiger partial charge in [-0.2, -0.15) is 10.5 Å². The molecule has 0 fully saturated rings. The van der Waals surface area contributed by atoms with Crippen molar-refractivity contribution in [3.8, 4) is 12.1 Å². The van der Waals surface area contributed by atoms with Crippen LogP contribution in [0, 0.1) is 22.7 Å². The summed E-state index contributed by atoms with van der Waals surface area (Å²) in [6, 6.07) is 20.7. The summed E-state index contributed by atoms with van der Waals surface area (Å²) in [4.78, 5) is 12.6. The zero-order chi connectivity index (χ0) is 17.6. The third-order valence-electron chi connectivity index (χ3n) is 3.98. The third-order valence-corrected chi connectivity index (χ3v) is 3.98. The minimum Gasteiger partial charge on any atom is -0.346 e. The fourth-order valence-corrected chi connectivity index (χ4v) is 2.79. The highest BCUT2D eigenvalue weighted by atomic mass is 16.1. The monoisotopic (exact) mass is 325 g/mol. The van der Waals surface area contributed by atoms with E-state index in [1.807, 2.05) is 47.2 Å². The fourth-order valence-electron chi connectivity index (χ4n) is 2.79. The van der Waals surface area contributed by atoms with Gasteiger partial charge < -0.3 is 4.57 Å². The van der Waals surface area contributed by atoms with Crippen molar-refractivity contribution in [2.45, 2.75) is 13.0 Å². The number of aryl methyl sites for hydroxylation is 1. The summed E-state index contributed by atoms with van der Waals surface area (Å²) in [6.07, 6.45) is 3.91. The van der Waals surface area contributed by atoms with E-state index in [4.69, 9.17) is 5.26 Å². The summed E-state index contributed by atoms with van der Waals surface area (Å²) in [6.45, 7) is 0.569. The summed E-state index contributed by atoms with van der Waals surface area (Å²) in [5.41, 5.74) is 2.36. The van der Waals surface area contributed by atoms with Gasteiger partial charge in [0.15, 0.2) is 0 Å². The number of hydrogen-bond acceptors (Lipinski definition) is 3. The van der Waals surface area contributed by atoms with Crippen molar-refractivity contribution in [2.24, 2.45) is 0 Å². The zero-order valence-corrected chi connectivity index (χ0v) is 13.5. The number of nitrogens with zero attached hydrogens (tertiary/aromatic N) is 3. The van der Waals surface area contributed by atoms with Crippen LogP contribution in [0.25, 0.3) is 17.0 Å².